The first-order valence-electron chi connectivity index (χ1n) is 7.04. The SMILES string of the molecule is Cc1cccc(-c2cnn(CC3CCNC3)c2)c1C. The Hall–Kier alpha value is -1.61. The van der Waals surface area contributed by atoms with Crippen molar-refractivity contribution >= 4 is 0 Å². The van der Waals surface area contributed by atoms with Crippen molar-refractivity contribution in [3.8, 4) is 11.1 Å². The van der Waals surface area contributed by atoms with Crippen LogP contribution < -0.4 is 5.32 Å². The van der Waals surface area contributed by atoms with Gasteiger partial charge in [0.15, 0.2) is 0 Å². The van der Waals surface area contributed by atoms with Crippen LogP contribution in [0.1, 0.15) is 17.5 Å². The second-order valence-electron chi connectivity index (χ2n) is 5.56. The van der Waals surface area contributed by atoms with E-state index in [-0.39, 0.29) is 0 Å². The predicted octanol–water partition coefficient (Wildman–Crippen LogP) is 2.78. The minimum atomic E-state index is 0.728. The second-order valence-corrected chi connectivity index (χ2v) is 5.56. The maximum atomic E-state index is 4.52. The molecule has 0 saturated carbocycles. The molecule has 3 nitrogen and oxygen atoms in total. The van der Waals surface area contributed by atoms with Gasteiger partial charge in [-0.25, -0.2) is 0 Å². The van der Waals surface area contributed by atoms with Gasteiger partial charge in [-0.1, -0.05) is 18.2 Å². The maximum absolute atomic E-state index is 4.52. The lowest BCUT2D eigenvalue weighted by atomic mass is 9.99. The molecule has 100 valence electrons. The normalized spacial score (nSPS) is 18.9. The van der Waals surface area contributed by atoms with E-state index in [0.717, 1.165) is 25.6 Å². The highest BCUT2D eigenvalue weighted by atomic mass is 15.3. The fourth-order valence-electron chi connectivity index (χ4n) is 2.80. The molecule has 0 spiro atoms. The molecule has 1 aromatic heterocycles. The van der Waals surface area contributed by atoms with Gasteiger partial charge in [0.1, 0.15) is 0 Å². The van der Waals surface area contributed by atoms with Crippen LogP contribution in [0.2, 0.25) is 0 Å². The highest BCUT2D eigenvalue weighted by molar-refractivity contribution is 5.67. The highest BCUT2D eigenvalue weighted by Gasteiger charge is 2.15. The van der Waals surface area contributed by atoms with Crippen molar-refractivity contribution in [3.05, 3.63) is 41.7 Å². The van der Waals surface area contributed by atoms with Crippen molar-refractivity contribution in [1.82, 2.24) is 15.1 Å². The molecule has 1 saturated heterocycles. The van der Waals surface area contributed by atoms with Gasteiger partial charge in [0.05, 0.1) is 6.20 Å². The Morgan fingerprint density at radius 2 is 2.26 bits per heavy atom. The van der Waals surface area contributed by atoms with E-state index in [4.69, 9.17) is 0 Å². The van der Waals surface area contributed by atoms with Gasteiger partial charge >= 0.3 is 0 Å². The smallest absolute Gasteiger partial charge is 0.0568 e. The number of nitrogens with one attached hydrogen (secondary N) is 1. The monoisotopic (exact) mass is 255 g/mol. The zero-order chi connectivity index (χ0) is 13.2. The molecule has 1 atom stereocenters. The fraction of sp³-hybridized carbons (Fsp3) is 0.438. The molecule has 0 amide bonds. The molecule has 2 heterocycles. The third-order valence-corrected chi connectivity index (χ3v) is 4.16. The molecule has 0 radical (unpaired) electrons. The van der Waals surface area contributed by atoms with Crippen molar-refractivity contribution in [3.63, 3.8) is 0 Å². The summed E-state index contributed by atoms with van der Waals surface area (Å²) in [5.74, 6) is 0.728. The Morgan fingerprint density at radius 3 is 3.05 bits per heavy atom. The number of benzene rings is 1. The van der Waals surface area contributed by atoms with Gasteiger partial charge < -0.3 is 5.32 Å². The topological polar surface area (TPSA) is 29.9 Å². The number of rotatable bonds is 3. The molecule has 3 rings (SSSR count). The van der Waals surface area contributed by atoms with Crippen LogP contribution in [0.25, 0.3) is 11.1 Å². The minimum Gasteiger partial charge on any atom is -0.316 e. The van der Waals surface area contributed by atoms with Gasteiger partial charge in [-0.2, -0.15) is 5.10 Å². The number of hydrogen-bond donors (Lipinski definition) is 1. The number of hydrogen-bond acceptors (Lipinski definition) is 2. The molecule has 2 aromatic rings. The Morgan fingerprint density at radius 1 is 1.37 bits per heavy atom. The Balaban J connectivity index is 1.82. The summed E-state index contributed by atoms with van der Waals surface area (Å²) in [6, 6.07) is 6.46. The van der Waals surface area contributed by atoms with Crippen molar-refractivity contribution in [2.75, 3.05) is 13.1 Å². The molecule has 3 heteroatoms. The molecule has 1 aromatic carbocycles. The molecule has 1 unspecified atom stereocenters. The van der Waals surface area contributed by atoms with E-state index < -0.39 is 0 Å². The molecular formula is C16H21N3. The molecule has 0 aliphatic carbocycles. The largest absolute Gasteiger partial charge is 0.316 e. The van der Waals surface area contributed by atoms with Crippen LogP contribution in [-0.4, -0.2) is 22.9 Å². The summed E-state index contributed by atoms with van der Waals surface area (Å²) in [5, 5.41) is 7.92. The Bertz CT molecular complexity index is 565. The molecule has 1 fully saturated rings. The van der Waals surface area contributed by atoms with Crippen LogP contribution in [0.15, 0.2) is 30.6 Å². The number of nitrogens with zero attached hydrogens (tertiary/aromatic N) is 2. The van der Waals surface area contributed by atoms with E-state index in [1.54, 1.807) is 0 Å². The lowest BCUT2D eigenvalue weighted by molar-refractivity contribution is 0.449. The van der Waals surface area contributed by atoms with Crippen molar-refractivity contribution in [2.45, 2.75) is 26.8 Å². The number of aryl methyl sites for hydroxylation is 1. The second kappa shape index (κ2) is 5.17. The van der Waals surface area contributed by atoms with E-state index in [0.29, 0.717) is 0 Å². The van der Waals surface area contributed by atoms with Gasteiger partial charge in [0.25, 0.3) is 0 Å². The average molecular weight is 255 g/mol. The van der Waals surface area contributed by atoms with Gasteiger partial charge in [-0.05, 0) is 56.0 Å². The summed E-state index contributed by atoms with van der Waals surface area (Å²) in [6.07, 6.45) is 5.43. The Kier molecular flexibility index (Phi) is 3.38. The molecule has 1 aliphatic rings. The first kappa shape index (κ1) is 12.4. The van der Waals surface area contributed by atoms with Gasteiger partial charge in [-0.15, -0.1) is 0 Å². The third kappa shape index (κ3) is 2.56. The van der Waals surface area contributed by atoms with E-state index in [2.05, 4.69) is 53.3 Å². The van der Waals surface area contributed by atoms with Gasteiger partial charge in [0, 0.05) is 18.3 Å². The number of aromatic nitrogens is 2. The van der Waals surface area contributed by atoms with Gasteiger partial charge in [-0.3, -0.25) is 4.68 Å². The zero-order valence-corrected chi connectivity index (χ0v) is 11.7. The standard InChI is InChI=1S/C16H21N3/c1-12-4-3-5-16(13(12)2)15-9-18-19(11-15)10-14-6-7-17-8-14/h3-5,9,11,14,17H,6-8,10H2,1-2H3. The summed E-state index contributed by atoms with van der Waals surface area (Å²) in [5.41, 5.74) is 5.22. The molecule has 0 bridgehead atoms. The summed E-state index contributed by atoms with van der Waals surface area (Å²) >= 11 is 0. The summed E-state index contributed by atoms with van der Waals surface area (Å²) < 4.78 is 2.09. The van der Waals surface area contributed by atoms with E-state index in [1.165, 1.54) is 28.7 Å². The van der Waals surface area contributed by atoms with Crippen LogP contribution in [0.4, 0.5) is 0 Å². The summed E-state index contributed by atoms with van der Waals surface area (Å²) in [7, 11) is 0. The molecule has 1 N–H and O–H groups in total. The van der Waals surface area contributed by atoms with Gasteiger partial charge in [0.2, 0.25) is 0 Å². The van der Waals surface area contributed by atoms with Crippen LogP contribution in [0.5, 0.6) is 0 Å². The molecular weight excluding hydrogens is 234 g/mol. The third-order valence-electron chi connectivity index (χ3n) is 4.16. The first-order valence-corrected chi connectivity index (χ1v) is 7.04. The van der Waals surface area contributed by atoms with E-state index in [1.807, 2.05) is 6.20 Å². The van der Waals surface area contributed by atoms with Crippen LogP contribution >= 0.6 is 0 Å². The van der Waals surface area contributed by atoms with Crippen LogP contribution in [0, 0.1) is 19.8 Å². The Labute approximate surface area is 114 Å². The minimum absolute atomic E-state index is 0.728. The van der Waals surface area contributed by atoms with E-state index >= 15 is 0 Å². The summed E-state index contributed by atoms with van der Waals surface area (Å²) in [6.45, 7) is 7.64. The van der Waals surface area contributed by atoms with Crippen molar-refractivity contribution < 1.29 is 0 Å². The fourth-order valence-corrected chi connectivity index (χ4v) is 2.80. The summed E-state index contributed by atoms with van der Waals surface area (Å²) in [4.78, 5) is 0. The van der Waals surface area contributed by atoms with Crippen LogP contribution in [-0.2, 0) is 6.54 Å². The zero-order valence-electron chi connectivity index (χ0n) is 11.7. The highest BCUT2D eigenvalue weighted by Crippen LogP contribution is 2.25. The lowest BCUT2D eigenvalue weighted by Crippen LogP contribution is -2.14. The molecule has 1 aliphatic heterocycles. The van der Waals surface area contributed by atoms with Crippen molar-refractivity contribution in [2.24, 2.45) is 5.92 Å². The quantitative estimate of drug-likeness (QED) is 0.914. The average Bonchev–Trinajstić information content (AvgIpc) is 3.05. The molecule has 19 heavy (non-hydrogen) atoms. The predicted molar refractivity (Wildman–Crippen MR) is 78.1 cm³/mol. The lowest BCUT2D eigenvalue weighted by Gasteiger charge is -2.08. The van der Waals surface area contributed by atoms with Crippen molar-refractivity contribution in [1.29, 1.82) is 0 Å². The van der Waals surface area contributed by atoms with E-state index in [9.17, 15) is 0 Å². The maximum Gasteiger partial charge on any atom is 0.0568 e. The van der Waals surface area contributed by atoms with Crippen LogP contribution in [0.3, 0.4) is 0 Å². The first-order chi connectivity index (χ1) is 9.24.